The Kier molecular flexibility index (Phi) is 4.34. The quantitative estimate of drug-likeness (QED) is 0.268. The summed E-state index contributed by atoms with van der Waals surface area (Å²) in [6, 6.07) is 6.67. The topological polar surface area (TPSA) is 129 Å². The van der Waals surface area contributed by atoms with Gasteiger partial charge in [0.25, 0.3) is 0 Å². The first-order valence-corrected chi connectivity index (χ1v) is 5.98. The van der Waals surface area contributed by atoms with Crippen molar-refractivity contribution < 1.29 is 14.9 Å². The molecule has 1 heterocycles. The zero-order valence-electron chi connectivity index (χ0n) is 10.9. The van der Waals surface area contributed by atoms with E-state index in [2.05, 4.69) is 10.3 Å². The molecule has 0 atom stereocenters. The van der Waals surface area contributed by atoms with E-state index < -0.39 is 4.92 Å². The van der Waals surface area contributed by atoms with Gasteiger partial charge < -0.3 is 15.7 Å². The van der Waals surface area contributed by atoms with Crippen LogP contribution in [0, 0.1) is 10.1 Å². The Hall–Kier alpha value is -3.10. The van der Waals surface area contributed by atoms with Crippen LogP contribution in [-0.2, 0) is 6.54 Å². The molecule has 0 aliphatic carbocycles. The molecule has 0 saturated heterocycles. The number of hydrogen-bond acceptors (Lipinski definition) is 6. The van der Waals surface area contributed by atoms with E-state index in [1.54, 1.807) is 24.3 Å². The number of nitro groups is 1. The summed E-state index contributed by atoms with van der Waals surface area (Å²) in [5.41, 5.74) is 5.96. The normalized spacial score (nSPS) is 11.3. The smallest absolute Gasteiger partial charge is 0.306 e. The minimum absolute atomic E-state index is 0.0189. The third kappa shape index (κ3) is 3.69. The number of nitrogens with two attached hydrogens (primary N) is 1. The molecule has 1 aromatic heterocycles. The van der Waals surface area contributed by atoms with Gasteiger partial charge in [-0.1, -0.05) is 5.16 Å². The van der Waals surface area contributed by atoms with E-state index in [9.17, 15) is 10.1 Å². The van der Waals surface area contributed by atoms with Gasteiger partial charge in [0.05, 0.1) is 11.5 Å². The van der Waals surface area contributed by atoms with E-state index in [0.29, 0.717) is 24.5 Å². The van der Waals surface area contributed by atoms with Crippen LogP contribution in [-0.4, -0.2) is 32.4 Å². The molecule has 2 rings (SSSR count). The van der Waals surface area contributed by atoms with Crippen LogP contribution in [0.2, 0.25) is 0 Å². The van der Waals surface area contributed by atoms with Crippen molar-refractivity contribution in [2.24, 2.45) is 10.9 Å². The summed E-state index contributed by atoms with van der Waals surface area (Å²) in [7, 11) is 0. The number of oxime groups is 1. The van der Waals surface area contributed by atoms with Crippen LogP contribution in [0.15, 0.2) is 41.8 Å². The standard InChI is InChI=1S/C12H13N5O4/c13-12(15-18)9-1-3-11(4-2-9)21-6-5-16-8-10(7-14-16)17(19)20/h1-4,7-8,18H,5-6H2,(H2,13,15). The van der Waals surface area contributed by atoms with Gasteiger partial charge in [-0.2, -0.15) is 5.10 Å². The maximum absolute atomic E-state index is 10.5. The summed E-state index contributed by atoms with van der Waals surface area (Å²) < 4.78 is 6.91. The molecule has 21 heavy (non-hydrogen) atoms. The zero-order valence-corrected chi connectivity index (χ0v) is 10.9. The number of nitrogens with zero attached hydrogens (tertiary/aromatic N) is 4. The fraction of sp³-hybridized carbons (Fsp3) is 0.167. The van der Waals surface area contributed by atoms with Crippen LogP contribution in [0.3, 0.4) is 0 Å². The Labute approximate surface area is 119 Å². The van der Waals surface area contributed by atoms with Crippen molar-refractivity contribution in [3.8, 4) is 5.75 Å². The zero-order chi connectivity index (χ0) is 15.2. The third-order valence-electron chi connectivity index (χ3n) is 2.68. The van der Waals surface area contributed by atoms with Gasteiger partial charge in [-0.25, -0.2) is 0 Å². The van der Waals surface area contributed by atoms with Crippen molar-refractivity contribution in [2.75, 3.05) is 6.61 Å². The van der Waals surface area contributed by atoms with Crippen LogP contribution in [0.4, 0.5) is 5.69 Å². The van der Waals surface area contributed by atoms with Gasteiger partial charge in [-0.05, 0) is 24.3 Å². The summed E-state index contributed by atoms with van der Waals surface area (Å²) in [4.78, 5) is 10.0. The maximum atomic E-state index is 10.5. The lowest BCUT2D eigenvalue weighted by Gasteiger charge is -2.06. The molecule has 0 radical (unpaired) electrons. The predicted molar refractivity (Wildman–Crippen MR) is 73.3 cm³/mol. The number of hydrogen-bond donors (Lipinski definition) is 2. The number of ether oxygens (including phenoxy) is 1. The van der Waals surface area contributed by atoms with E-state index in [0.717, 1.165) is 0 Å². The molecule has 9 nitrogen and oxygen atoms in total. The lowest BCUT2D eigenvalue weighted by atomic mass is 10.2. The first kappa shape index (κ1) is 14.3. The summed E-state index contributed by atoms with van der Waals surface area (Å²) in [5, 5.41) is 25.8. The molecule has 0 unspecified atom stereocenters. The van der Waals surface area contributed by atoms with Crippen LogP contribution in [0.1, 0.15) is 5.56 Å². The van der Waals surface area contributed by atoms with Gasteiger partial charge >= 0.3 is 5.69 Å². The first-order valence-electron chi connectivity index (χ1n) is 5.98. The van der Waals surface area contributed by atoms with Gasteiger partial charge in [-0.15, -0.1) is 0 Å². The van der Waals surface area contributed by atoms with E-state index >= 15 is 0 Å². The molecule has 3 N–H and O–H groups in total. The molecule has 0 saturated carbocycles. The van der Waals surface area contributed by atoms with Crippen molar-refractivity contribution in [1.29, 1.82) is 0 Å². The predicted octanol–water partition coefficient (Wildman–Crippen LogP) is 0.965. The number of amidine groups is 1. The molecule has 0 amide bonds. The molecule has 0 spiro atoms. The molecule has 1 aromatic carbocycles. The van der Waals surface area contributed by atoms with Gasteiger partial charge in [0.1, 0.15) is 24.8 Å². The minimum atomic E-state index is -0.504. The van der Waals surface area contributed by atoms with Gasteiger partial charge in [-0.3, -0.25) is 14.8 Å². The highest BCUT2D eigenvalue weighted by atomic mass is 16.6. The number of rotatable bonds is 6. The van der Waals surface area contributed by atoms with Crippen LogP contribution in [0.25, 0.3) is 0 Å². The SMILES string of the molecule is N/C(=N/O)c1ccc(OCCn2cc([N+](=O)[O-])cn2)cc1. The van der Waals surface area contributed by atoms with Gasteiger partial charge in [0.15, 0.2) is 5.84 Å². The Bertz CT molecular complexity index is 650. The van der Waals surface area contributed by atoms with Gasteiger partial charge in [0.2, 0.25) is 0 Å². The third-order valence-corrected chi connectivity index (χ3v) is 2.68. The fourth-order valence-corrected chi connectivity index (χ4v) is 1.61. The fourth-order valence-electron chi connectivity index (χ4n) is 1.61. The summed E-state index contributed by atoms with van der Waals surface area (Å²) in [6.45, 7) is 0.692. The van der Waals surface area contributed by atoms with Gasteiger partial charge in [0, 0.05) is 5.56 Å². The Morgan fingerprint density at radius 1 is 1.48 bits per heavy atom. The molecule has 0 fully saturated rings. The number of benzene rings is 1. The van der Waals surface area contributed by atoms with Crippen molar-refractivity contribution in [2.45, 2.75) is 6.54 Å². The molecular formula is C12H13N5O4. The van der Waals surface area contributed by atoms with Crippen LogP contribution < -0.4 is 10.5 Å². The largest absolute Gasteiger partial charge is 0.492 e. The second kappa shape index (κ2) is 6.37. The molecule has 0 bridgehead atoms. The molecule has 9 heteroatoms. The molecule has 110 valence electrons. The summed E-state index contributed by atoms with van der Waals surface area (Å²) in [6.07, 6.45) is 2.52. The van der Waals surface area contributed by atoms with E-state index in [1.165, 1.54) is 17.1 Å². The molecule has 2 aromatic rings. The van der Waals surface area contributed by atoms with E-state index in [4.69, 9.17) is 15.7 Å². The summed E-state index contributed by atoms with van der Waals surface area (Å²) in [5.74, 6) is 0.622. The Morgan fingerprint density at radius 3 is 2.76 bits per heavy atom. The van der Waals surface area contributed by atoms with Crippen LogP contribution >= 0.6 is 0 Å². The average molecular weight is 291 g/mol. The molecule has 0 aliphatic rings. The summed E-state index contributed by atoms with van der Waals surface area (Å²) >= 11 is 0. The van der Waals surface area contributed by atoms with E-state index in [-0.39, 0.29) is 11.5 Å². The molecule has 0 aliphatic heterocycles. The van der Waals surface area contributed by atoms with Crippen molar-refractivity contribution in [1.82, 2.24) is 9.78 Å². The van der Waals surface area contributed by atoms with Crippen molar-refractivity contribution in [3.05, 3.63) is 52.3 Å². The Balaban J connectivity index is 1.86. The number of aromatic nitrogens is 2. The second-order valence-electron chi connectivity index (χ2n) is 4.08. The highest BCUT2D eigenvalue weighted by molar-refractivity contribution is 5.97. The highest BCUT2D eigenvalue weighted by Gasteiger charge is 2.08. The van der Waals surface area contributed by atoms with E-state index in [1.807, 2.05) is 0 Å². The van der Waals surface area contributed by atoms with Crippen LogP contribution in [0.5, 0.6) is 5.75 Å². The lowest BCUT2D eigenvalue weighted by molar-refractivity contribution is -0.385. The van der Waals surface area contributed by atoms with Crippen molar-refractivity contribution in [3.63, 3.8) is 0 Å². The minimum Gasteiger partial charge on any atom is -0.492 e. The Morgan fingerprint density at radius 2 is 2.19 bits per heavy atom. The first-order chi connectivity index (χ1) is 10.1. The highest BCUT2D eigenvalue weighted by Crippen LogP contribution is 2.12. The maximum Gasteiger partial charge on any atom is 0.306 e. The average Bonchev–Trinajstić information content (AvgIpc) is 2.96. The second-order valence-corrected chi connectivity index (χ2v) is 4.08. The molecular weight excluding hydrogens is 278 g/mol. The lowest BCUT2D eigenvalue weighted by Crippen LogP contribution is -2.13. The van der Waals surface area contributed by atoms with Crippen molar-refractivity contribution >= 4 is 11.5 Å². The monoisotopic (exact) mass is 291 g/mol.